The Morgan fingerprint density at radius 1 is 1.22 bits per heavy atom. The van der Waals surface area contributed by atoms with Crippen LogP contribution < -0.4 is 11.1 Å². The van der Waals surface area contributed by atoms with Crippen molar-refractivity contribution < 1.29 is 8.81 Å². The topological polar surface area (TPSA) is 77.0 Å². The number of benzene rings is 1. The summed E-state index contributed by atoms with van der Waals surface area (Å²) in [4.78, 5) is 8.67. The number of rotatable bonds is 3. The van der Waals surface area contributed by atoms with E-state index in [1.54, 1.807) is 12.3 Å². The Labute approximate surface area is 132 Å². The minimum atomic E-state index is -0.274. The van der Waals surface area contributed by atoms with Crippen LogP contribution in [0, 0.1) is 5.82 Å². The highest BCUT2D eigenvalue weighted by Crippen LogP contribution is 2.28. The third kappa shape index (κ3) is 2.60. The van der Waals surface area contributed by atoms with Crippen molar-refractivity contribution in [3.8, 4) is 0 Å². The fourth-order valence-corrected chi connectivity index (χ4v) is 3.13. The molecule has 0 aliphatic heterocycles. The number of fused-ring (bicyclic) bond motifs is 2. The molecular weight excluding hydrogens is 295 g/mol. The summed E-state index contributed by atoms with van der Waals surface area (Å²) >= 11 is 0. The molecular formula is C17H17FN4O. The number of nitrogens with one attached hydrogen (secondary N) is 1. The molecule has 6 heteroatoms. The second kappa shape index (κ2) is 5.53. The molecule has 0 saturated carbocycles. The monoisotopic (exact) mass is 312 g/mol. The number of hydrogen-bond acceptors (Lipinski definition) is 5. The molecule has 2 heterocycles. The lowest BCUT2D eigenvalue weighted by molar-refractivity contribution is 0.606. The number of halogens is 1. The fourth-order valence-electron chi connectivity index (χ4n) is 3.13. The van der Waals surface area contributed by atoms with Gasteiger partial charge >= 0.3 is 0 Å². The van der Waals surface area contributed by atoms with Gasteiger partial charge in [-0.2, -0.15) is 4.98 Å². The van der Waals surface area contributed by atoms with Crippen LogP contribution in [-0.2, 0) is 19.4 Å². The van der Waals surface area contributed by atoms with E-state index >= 15 is 0 Å². The molecule has 118 valence electrons. The van der Waals surface area contributed by atoms with Gasteiger partial charge in [0.15, 0.2) is 0 Å². The van der Waals surface area contributed by atoms with Crippen molar-refractivity contribution in [2.75, 3.05) is 11.1 Å². The maximum Gasteiger partial charge on any atom is 0.222 e. The minimum Gasteiger partial charge on any atom is -0.464 e. The van der Waals surface area contributed by atoms with Crippen LogP contribution in [0.1, 0.15) is 29.7 Å². The summed E-state index contributed by atoms with van der Waals surface area (Å²) in [6.45, 7) is 0.499. The fraction of sp³-hybridized carbons (Fsp3) is 0.294. The summed E-state index contributed by atoms with van der Waals surface area (Å²) in [5.74, 6) is 0.790. The average molecular weight is 312 g/mol. The molecule has 0 bridgehead atoms. The molecule has 2 aromatic heterocycles. The van der Waals surface area contributed by atoms with Gasteiger partial charge in [-0.15, -0.1) is 0 Å². The van der Waals surface area contributed by atoms with Gasteiger partial charge in [-0.1, -0.05) is 0 Å². The van der Waals surface area contributed by atoms with Crippen molar-refractivity contribution in [3.63, 3.8) is 0 Å². The van der Waals surface area contributed by atoms with Crippen molar-refractivity contribution in [2.24, 2.45) is 0 Å². The maximum absolute atomic E-state index is 13.4. The average Bonchev–Trinajstić information content (AvgIpc) is 2.94. The second-order valence-corrected chi connectivity index (χ2v) is 5.82. The van der Waals surface area contributed by atoms with Gasteiger partial charge in [0.05, 0.1) is 12.0 Å². The van der Waals surface area contributed by atoms with E-state index in [2.05, 4.69) is 15.3 Å². The largest absolute Gasteiger partial charge is 0.464 e. The van der Waals surface area contributed by atoms with Gasteiger partial charge in [0.2, 0.25) is 5.95 Å². The van der Waals surface area contributed by atoms with Gasteiger partial charge in [-0.05, 0) is 43.9 Å². The van der Waals surface area contributed by atoms with Crippen LogP contribution in [-0.4, -0.2) is 9.97 Å². The Hall–Kier alpha value is -2.63. The number of aryl methyl sites for hydroxylation is 1. The highest BCUT2D eigenvalue weighted by atomic mass is 19.1. The quantitative estimate of drug-likeness (QED) is 0.774. The third-order valence-corrected chi connectivity index (χ3v) is 4.26. The first kappa shape index (κ1) is 14.0. The van der Waals surface area contributed by atoms with Crippen molar-refractivity contribution >= 4 is 22.7 Å². The Morgan fingerprint density at radius 3 is 3.00 bits per heavy atom. The number of anilines is 2. The van der Waals surface area contributed by atoms with Gasteiger partial charge in [0.1, 0.15) is 17.2 Å². The van der Waals surface area contributed by atoms with E-state index in [4.69, 9.17) is 10.2 Å². The first-order valence-corrected chi connectivity index (χ1v) is 7.75. The van der Waals surface area contributed by atoms with E-state index in [9.17, 15) is 4.39 Å². The Kier molecular flexibility index (Phi) is 3.37. The lowest BCUT2D eigenvalue weighted by atomic mass is 9.96. The molecule has 3 aromatic rings. The first-order chi connectivity index (χ1) is 11.2. The highest BCUT2D eigenvalue weighted by Gasteiger charge is 2.17. The van der Waals surface area contributed by atoms with Gasteiger partial charge in [0.25, 0.3) is 0 Å². The molecule has 3 N–H and O–H groups in total. The Bertz CT molecular complexity index is 874. The van der Waals surface area contributed by atoms with Crippen molar-refractivity contribution in [1.82, 2.24) is 9.97 Å². The normalized spacial score (nSPS) is 14.0. The van der Waals surface area contributed by atoms with Gasteiger partial charge in [0, 0.05) is 23.1 Å². The van der Waals surface area contributed by atoms with Crippen LogP contribution in [0.15, 0.2) is 28.9 Å². The molecule has 0 atom stereocenters. The van der Waals surface area contributed by atoms with E-state index in [-0.39, 0.29) is 11.8 Å². The summed E-state index contributed by atoms with van der Waals surface area (Å²) in [5, 5.41) is 4.09. The standard InChI is InChI=1S/C17H17FN4O/c18-11-5-6-15-13(7-11)10(9-23-15)8-20-16-12-3-1-2-4-14(12)21-17(19)22-16/h5-7,9H,1-4,8H2,(H3,19,20,21,22). The zero-order valence-corrected chi connectivity index (χ0v) is 12.6. The summed E-state index contributed by atoms with van der Waals surface area (Å²) in [6.07, 6.45) is 5.81. The molecule has 5 nitrogen and oxygen atoms in total. The molecule has 1 aliphatic carbocycles. The van der Waals surface area contributed by atoms with E-state index in [0.29, 0.717) is 12.1 Å². The molecule has 0 radical (unpaired) electrons. The van der Waals surface area contributed by atoms with Crippen LogP contribution >= 0.6 is 0 Å². The highest BCUT2D eigenvalue weighted by molar-refractivity contribution is 5.81. The van der Waals surface area contributed by atoms with Crippen LogP contribution in [0.4, 0.5) is 16.2 Å². The number of aromatic nitrogens is 2. The third-order valence-electron chi connectivity index (χ3n) is 4.26. The summed E-state index contributed by atoms with van der Waals surface area (Å²) in [7, 11) is 0. The Balaban J connectivity index is 1.63. The minimum absolute atomic E-state index is 0.274. The molecule has 4 rings (SSSR count). The van der Waals surface area contributed by atoms with Crippen molar-refractivity contribution in [2.45, 2.75) is 32.2 Å². The van der Waals surface area contributed by atoms with E-state index in [0.717, 1.165) is 53.7 Å². The van der Waals surface area contributed by atoms with E-state index in [1.807, 2.05) is 0 Å². The molecule has 0 amide bonds. The van der Waals surface area contributed by atoms with Gasteiger partial charge < -0.3 is 15.5 Å². The number of hydrogen-bond donors (Lipinski definition) is 2. The number of nitrogens with zero attached hydrogens (tertiary/aromatic N) is 2. The molecule has 0 saturated heterocycles. The molecule has 0 unspecified atom stereocenters. The molecule has 0 fully saturated rings. The maximum atomic E-state index is 13.4. The van der Waals surface area contributed by atoms with Crippen LogP contribution in [0.5, 0.6) is 0 Å². The Morgan fingerprint density at radius 2 is 2.09 bits per heavy atom. The van der Waals surface area contributed by atoms with E-state index < -0.39 is 0 Å². The molecule has 0 spiro atoms. The van der Waals surface area contributed by atoms with Gasteiger partial charge in [-0.25, -0.2) is 9.37 Å². The molecule has 23 heavy (non-hydrogen) atoms. The molecule has 1 aliphatic rings. The lowest BCUT2D eigenvalue weighted by Crippen LogP contribution is -2.14. The predicted octanol–water partition coefficient (Wildman–Crippen LogP) is 3.44. The zero-order valence-electron chi connectivity index (χ0n) is 12.6. The zero-order chi connectivity index (χ0) is 15.8. The second-order valence-electron chi connectivity index (χ2n) is 5.82. The van der Waals surface area contributed by atoms with Crippen LogP contribution in [0.25, 0.3) is 11.0 Å². The SMILES string of the molecule is Nc1nc2c(c(NCc3coc4ccc(F)cc34)n1)CCCC2. The van der Waals surface area contributed by atoms with Gasteiger partial charge in [-0.3, -0.25) is 0 Å². The summed E-state index contributed by atoms with van der Waals surface area (Å²) < 4.78 is 18.9. The number of furan rings is 1. The smallest absolute Gasteiger partial charge is 0.222 e. The lowest BCUT2D eigenvalue weighted by Gasteiger charge is -2.18. The number of nitrogen functional groups attached to an aromatic ring is 1. The van der Waals surface area contributed by atoms with Crippen LogP contribution in [0.2, 0.25) is 0 Å². The first-order valence-electron chi connectivity index (χ1n) is 7.75. The van der Waals surface area contributed by atoms with Crippen molar-refractivity contribution in [1.29, 1.82) is 0 Å². The van der Waals surface area contributed by atoms with Crippen molar-refractivity contribution in [3.05, 3.63) is 47.1 Å². The molecule has 1 aromatic carbocycles. The number of nitrogens with two attached hydrogens (primary N) is 1. The summed E-state index contributed by atoms with van der Waals surface area (Å²) in [6, 6.07) is 4.52. The predicted molar refractivity (Wildman–Crippen MR) is 86.6 cm³/mol. The van der Waals surface area contributed by atoms with Crippen LogP contribution in [0.3, 0.4) is 0 Å². The van der Waals surface area contributed by atoms with E-state index in [1.165, 1.54) is 12.1 Å². The summed E-state index contributed by atoms with van der Waals surface area (Å²) in [5.41, 5.74) is 9.55.